The molecule has 0 aromatic heterocycles. The Morgan fingerprint density at radius 1 is 1.00 bits per heavy atom. The lowest BCUT2D eigenvalue weighted by atomic mass is 9.86. The molecule has 0 fully saturated rings. The number of ether oxygens (including phenoxy) is 1. The zero-order valence-electron chi connectivity index (χ0n) is 13.8. The molecule has 1 aliphatic carbocycles. The van der Waals surface area contributed by atoms with Crippen LogP contribution in [0, 0.1) is 0 Å². The van der Waals surface area contributed by atoms with E-state index in [9.17, 15) is 9.59 Å². The van der Waals surface area contributed by atoms with E-state index in [1.165, 1.54) is 0 Å². The van der Waals surface area contributed by atoms with E-state index in [1.54, 1.807) is 18.2 Å². The van der Waals surface area contributed by atoms with Gasteiger partial charge in [-0.05, 0) is 30.0 Å². The van der Waals surface area contributed by atoms with Crippen LogP contribution in [0.2, 0.25) is 0 Å². The fraction of sp³-hybridized carbons (Fsp3) is 0.200. The van der Waals surface area contributed by atoms with E-state index < -0.39 is 0 Å². The molecule has 1 atom stereocenters. The summed E-state index contributed by atoms with van der Waals surface area (Å²) in [5.74, 6) is 0.504. The van der Waals surface area contributed by atoms with Crippen LogP contribution in [0.3, 0.4) is 0 Å². The highest BCUT2D eigenvalue weighted by atomic mass is 16.5. The van der Waals surface area contributed by atoms with E-state index in [4.69, 9.17) is 4.74 Å². The van der Waals surface area contributed by atoms with Gasteiger partial charge >= 0.3 is 0 Å². The standard InChI is InChI=1S/C20H20N2O3/c23-18-12-16(15-7-3-1-4-8-15)11-17(13-18)21-22-20(24)14-25-19-9-5-2-6-10-19/h1-10,13,16,21H,11-12,14H2,(H,22,24)/t16-/m0/s1. The molecule has 3 rings (SSSR count). The molecule has 1 aliphatic rings. The summed E-state index contributed by atoms with van der Waals surface area (Å²) in [6.07, 6.45) is 2.72. The highest BCUT2D eigenvalue weighted by molar-refractivity contribution is 5.92. The summed E-state index contributed by atoms with van der Waals surface area (Å²) in [5.41, 5.74) is 7.26. The van der Waals surface area contributed by atoms with E-state index in [-0.39, 0.29) is 24.2 Å². The second-order valence-electron chi connectivity index (χ2n) is 5.93. The van der Waals surface area contributed by atoms with Crippen LogP contribution in [0.15, 0.2) is 72.4 Å². The molecule has 5 nitrogen and oxygen atoms in total. The third kappa shape index (κ3) is 4.94. The molecule has 1 amide bonds. The van der Waals surface area contributed by atoms with Gasteiger partial charge in [-0.15, -0.1) is 0 Å². The molecule has 0 saturated carbocycles. The normalized spacial score (nSPS) is 16.7. The average Bonchev–Trinajstić information content (AvgIpc) is 2.66. The maximum atomic E-state index is 12.0. The smallest absolute Gasteiger partial charge is 0.276 e. The van der Waals surface area contributed by atoms with Crippen molar-refractivity contribution in [3.8, 4) is 5.75 Å². The van der Waals surface area contributed by atoms with Crippen molar-refractivity contribution in [2.75, 3.05) is 6.61 Å². The summed E-state index contributed by atoms with van der Waals surface area (Å²) >= 11 is 0. The lowest BCUT2D eigenvalue weighted by Gasteiger charge is -2.23. The lowest BCUT2D eigenvalue weighted by Crippen LogP contribution is -2.40. The molecule has 128 valence electrons. The van der Waals surface area contributed by atoms with Gasteiger partial charge < -0.3 is 10.2 Å². The Balaban J connectivity index is 1.50. The average molecular weight is 336 g/mol. The van der Waals surface area contributed by atoms with E-state index in [1.807, 2.05) is 48.5 Å². The van der Waals surface area contributed by atoms with Gasteiger partial charge in [0.15, 0.2) is 12.4 Å². The van der Waals surface area contributed by atoms with Crippen molar-refractivity contribution < 1.29 is 14.3 Å². The molecular formula is C20H20N2O3. The summed E-state index contributed by atoms with van der Waals surface area (Å²) in [6, 6.07) is 19.1. The number of amides is 1. The van der Waals surface area contributed by atoms with Crippen LogP contribution in [0.1, 0.15) is 24.3 Å². The lowest BCUT2D eigenvalue weighted by molar-refractivity contribution is -0.124. The Morgan fingerprint density at radius 3 is 2.40 bits per heavy atom. The summed E-state index contributed by atoms with van der Waals surface area (Å²) < 4.78 is 5.38. The predicted octanol–water partition coefficient (Wildman–Crippen LogP) is 2.72. The first-order valence-electron chi connectivity index (χ1n) is 8.22. The number of ketones is 1. The highest BCUT2D eigenvalue weighted by Crippen LogP contribution is 2.29. The molecule has 5 heteroatoms. The number of carbonyl (C=O) groups excluding carboxylic acids is 2. The molecule has 0 aliphatic heterocycles. The number of hydrogen-bond acceptors (Lipinski definition) is 4. The Labute approximate surface area is 146 Å². The minimum Gasteiger partial charge on any atom is -0.484 e. The molecule has 0 unspecified atom stereocenters. The number of nitrogens with one attached hydrogen (secondary N) is 2. The number of hydrogen-bond donors (Lipinski definition) is 2. The summed E-state index contributed by atoms with van der Waals surface area (Å²) in [5, 5.41) is 0. The minimum atomic E-state index is -0.306. The first-order chi connectivity index (χ1) is 12.2. The summed E-state index contributed by atoms with van der Waals surface area (Å²) in [6.45, 7) is -0.0969. The van der Waals surface area contributed by atoms with E-state index >= 15 is 0 Å². The van der Waals surface area contributed by atoms with Gasteiger partial charge in [0.2, 0.25) is 0 Å². The fourth-order valence-electron chi connectivity index (χ4n) is 2.79. The highest BCUT2D eigenvalue weighted by Gasteiger charge is 2.22. The predicted molar refractivity (Wildman–Crippen MR) is 94.7 cm³/mol. The summed E-state index contributed by atoms with van der Waals surface area (Å²) in [4.78, 5) is 23.8. The van der Waals surface area contributed by atoms with Crippen LogP contribution in [0.25, 0.3) is 0 Å². The molecule has 25 heavy (non-hydrogen) atoms. The topological polar surface area (TPSA) is 67.4 Å². The molecule has 2 N–H and O–H groups in total. The molecule has 0 spiro atoms. The zero-order valence-corrected chi connectivity index (χ0v) is 13.8. The Hall–Kier alpha value is -3.08. The number of hydrazine groups is 1. The van der Waals surface area contributed by atoms with Gasteiger partial charge in [0, 0.05) is 18.2 Å². The second kappa shape index (κ2) is 8.15. The monoisotopic (exact) mass is 336 g/mol. The van der Waals surface area contributed by atoms with Crippen LogP contribution in [0.5, 0.6) is 5.75 Å². The Morgan fingerprint density at radius 2 is 1.68 bits per heavy atom. The van der Waals surface area contributed by atoms with Crippen LogP contribution in [-0.2, 0) is 9.59 Å². The third-order valence-electron chi connectivity index (χ3n) is 4.00. The second-order valence-corrected chi connectivity index (χ2v) is 5.93. The number of benzene rings is 2. The summed E-state index contributed by atoms with van der Waals surface area (Å²) in [7, 11) is 0. The van der Waals surface area contributed by atoms with Crippen molar-refractivity contribution in [2.45, 2.75) is 18.8 Å². The Bertz CT molecular complexity index is 757. The van der Waals surface area contributed by atoms with Gasteiger partial charge in [0.25, 0.3) is 5.91 Å². The largest absolute Gasteiger partial charge is 0.484 e. The van der Waals surface area contributed by atoms with Crippen molar-refractivity contribution in [1.29, 1.82) is 0 Å². The SMILES string of the molecule is O=C1C=C(NNC(=O)COc2ccccc2)C[C@H](c2ccccc2)C1. The number of para-hydroxylation sites is 1. The molecule has 0 radical (unpaired) electrons. The van der Waals surface area contributed by atoms with Crippen LogP contribution < -0.4 is 15.6 Å². The Kier molecular flexibility index (Phi) is 5.46. The van der Waals surface area contributed by atoms with E-state index in [0.29, 0.717) is 24.3 Å². The fourth-order valence-corrected chi connectivity index (χ4v) is 2.79. The van der Waals surface area contributed by atoms with Gasteiger partial charge in [-0.25, -0.2) is 0 Å². The van der Waals surface area contributed by atoms with Gasteiger partial charge in [-0.2, -0.15) is 0 Å². The number of allylic oxidation sites excluding steroid dienone is 2. The van der Waals surface area contributed by atoms with Gasteiger partial charge in [-0.3, -0.25) is 15.0 Å². The van der Waals surface area contributed by atoms with Crippen LogP contribution in [0.4, 0.5) is 0 Å². The molecule has 0 bridgehead atoms. The maximum absolute atomic E-state index is 12.0. The van der Waals surface area contributed by atoms with Gasteiger partial charge in [-0.1, -0.05) is 48.5 Å². The number of carbonyl (C=O) groups is 2. The molecule has 2 aromatic rings. The first kappa shape index (κ1) is 16.8. The van der Waals surface area contributed by atoms with E-state index in [2.05, 4.69) is 10.9 Å². The van der Waals surface area contributed by atoms with Crippen molar-refractivity contribution in [3.63, 3.8) is 0 Å². The zero-order chi connectivity index (χ0) is 17.5. The molecule has 2 aromatic carbocycles. The number of rotatable bonds is 6. The molecule has 0 saturated heterocycles. The van der Waals surface area contributed by atoms with Crippen LogP contribution >= 0.6 is 0 Å². The third-order valence-corrected chi connectivity index (χ3v) is 4.00. The maximum Gasteiger partial charge on any atom is 0.276 e. The molecule has 0 heterocycles. The first-order valence-corrected chi connectivity index (χ1v) is 8.22. The van der Waals surface area contributed by atoms with Crippen molar-refractivity contribution in [1.82, 2.24) is 10.9 Å². The van der Waals surface area contributed by atoms with Gasteiger partial charge in [0.1, 0.15) is 5.75 Å². The molecular weight excluding hydrogens is 316 g/mol. The quantitative estimate of drug-likeness (QED) is 0.796. The van der Waals surface area contributed by atoms with Crippen molar-refractivity contribution in [2.24, 2.45) is 0 Å². The van der Waals surface area contributed by atoms with E-state index in [0.717, 1.165) is 5.56 Å². The van der Waals surface area contributed by atoms with Crippen LogP contribution in [-0.4, -0.2) is 18.3 Å². The van der Waals surface area contributed by atoms with Crippen molar-refractivity contribution >= 4 is 11.7 Å². The minimum absolute atomic E-state index is 0.0531. The van der Waals surface area contributed by atoms with Crippen molar-refractivity contribution in [3.05, 3.63) is 78.0 Å². The van der Waals surface area contributed by atoms with Gasteiger partial charge in [0.05, 0.1) is 0 Å².